The maximum absolute atomic E-state index is 11.7. The number of nitrogens with zero attached hydrogens (tertiary/aromatic N) is 1. The maximum Gasteiger partial charge on any atom is 0.321 e. The fourth-order valence-corrected chi connectivity index (χ4v) is 3.26. The van der Waals surface area contributed by atoms with Crippen molar-refractivity contribution in [2.45, 2.75) is 32.0 Å². The van der Waals surface area contributed by atoms with Crippen molar-refractivity contribution < 1.29 is 9.53 Å². The number of amides is 2. The minimum absolute atomic E-state index is 0.0480. The van der Waals surface area contributed by atoms with E-state index >= 15 is 0 Å². The minimum Gasteiger partial charge on any atom is -0.376 e. The summed E-state index contributed by atoms with van der Waals surface area (Å²) in [5, 5.41) is 6.30. The van der Waals surface area contributed by atoms with Crippen LogP contribution in [0.4, 0.5) is 10.5 Å². The summed E-state index contributed by atoms with van der Waals surface area (Å²) >= 11 is 0. The molecular weight excluding hydrogens is 266 g/mol. The number of carbonyl (C=O) groups excluding carboxylic acids is 1. The molecule has 114 valence electrons. The molecule has 2 amide bonds. The molecule has 2 heterocycles. The van der Waals surface area contributed by atoms with E-state index in [0.29, 0.717) is 12.5 Å². The molecule has 1 aromatic carbocycles. The quantitative estimate of drug-likeness (QED) is 0.898. The number of rotatable bonds is 3. The van der Waals surface area contributed by atoms with E-state index in [1.54, 1.807) is 4.90 Å². The molecule has 1 fully saturated rings. The highest BCUT2D eigenvalue weighted by atomic mass is 16.5. The molecule has 0 spiro atoms. The first-order chi connectivity index (χ1) is 10.1. The average Bonchev–Trinajstić information content (AvgIpc) is 2.88. The molecule has 0 radical (unpaired) electrons. The van der Waals surface area contributed by atoms with Crippen LogP contribution in [0.3, 0.4) is 0 Å². The summed E-state index contributed by atoms with van der Waals surface area (Å²) < 4.78 is 5.91. The molecule has 0 aromatic heterocycles. The molecule has 1 aromatic rings. The number of carbonyl (C=O) groups is 1. The highest BCUT2D eigenvalue weighted by Crippen LogP contribution is 2.33. The number of nitrogens with one attached hydrogen (secondary N) is 2. The molecule has 3 unspecified atom stereocenters. The third-order valence-corrected chi connectivity index (χ3v) is 4.57. The Bertz CT molecular complexity index is 546. The van der Waals surface area contributed by atoms with Crippen molar-refractivity contribution in [2.75, 3.05) is 26.0 Å². The van der Waals surface area contributed by atoms with E-state index in [-0.39, 0.29) is 18.2 Å². The van der Waals surface area contributed by atoms with E-state index in [1.807, 2.05) is 20.2 Å². The van der Waals surface area contributed by atoms with Gasteiger partial charge in [0.25, 0.3) is 0 Å². The minimum atomic E-state index is -0.0480. The molecular formula is C16H23N3O2. The highest BCUT2D eigenvalue weighted by Gasteiger charge is 2.32. The van der Waals surface area contributed by atoms with E-state index in [2.05, 4.69) is 29.7 Å². The molecule has 5 nitrogen and oxygen atoms in total. The number of urea groups is 1. The first-order valence-corrected chi connectivity index (χ1v) is 7.54. The van der Waals surface area contributed by atoms with Crippen LogP contribution in [0.1, 0.15) is 30.5 Å². The fraction of sp³-hybridized carbons (Fsp3) is 0.562. The van der Waals surface area contributed by atoms with Crippen LogP contribution in [-0.2, 0) is 11.3 Å². The highest BCUT2D eigenvalue weighted by molar-refractivity contribution is 5.92. The first-order valence-electron chi connectivity index (χ1n) is 7.54. The standard InChI is InChI=1S/C16H23N3O2/c1-10-6-7-21-15(10)14(17-2)11-4-5-13-12(8-11)9-19(3)16(20)18-13/h4-5,8,10,14-15,17H,6-7,9H2,1-3H3,(H,18,20). The maximum atomic E-state index is 11.7. The Morgan fingerprint density at radius 2 is 2.29 bits per heavy atom. The van der Waals surface area contributed by atoms with Gasteiger partial charge in [0.05, 0.1) is 12.1 Å². The molecule has 2 aliphatic rings. The normalized spacial score (nSPS) is 26.4. The van der Waals surface area contributed by atoms with Crippen LogP contribution in [0.25, 0.3) is 0 Å². The second kappa shape index (κ2) is 5.66. The molecule has 0 aliphatic carbocycles. The summed E-state index contributed by atoms with van der Waals surface area (Å²) in [6, 6.07) is 6.41. The van der Waals surface area contributed by atoms with E-state index in [0.717, 1.165) is 24.3 Å². The van der Waals surface area contributed by atoms with Crippen molar-refractivity contribution in [3.63, 3.8) is 0 Å². The summed E-state index contributed by atoms with van der Waals surface area (Å²) in [4.78, 5) is 13.4. The summed E-state index contributed by atoms with van der Waals surface area (Å²) in [7, 11) is 3.79. The van der Waals surface area contributed by atoms with Crippen molar-refractivity contribution in [2.24, 2.45) is 5.92 Å². The van der Waals surface area contributed by atoms with E-state index < -0.39 is 0 Å². The second-order valence-corrected chi connectivity index (χ2v) is 6.07. The third kappa shape index (κ3) is 2.63. The molecule has 0 saturated carbocycles. The van der Waals surface area contributed by atoms with E-state index in [4.69, 9.17) is 4.74 Å². The largest absolute Gasteiger partial charge is 0.376 e. The average molecular weight is 289 g/mol. The zero-order valence-corrected chi connectivity index (χ0v) is 12.8. The van der Waals surface area contributed by atoms with Crippen LogP contribution in [-0.4, -0.2) is 37.7 Å². The van der Waals surface area contributed by atoms with Gasteiger partial charge in [0.2, 0.25) is 0 Å². The summed E-state index contributed by atoms with van der Waals surface area (Å²) in [5.41, 5.74) is 3.29. The van der Waals surface area contributed by atoms with Gasteiger partial charge in [-0.05, 0) is 36.6 Å². The number of ether oxygens (including phenoxy) is 1. The smallest absolute Gasteiger partial charge is 0.321 e. The van der Waals surface area contributed by atoms with Crippen molar-refractivity contribution >= 4 is 11.7 Å². The van der Waals surface area contributed by atoms with Crippen LogP contribution in [0, 0.1) is 5.92 Å². The van der Waals surface area contributed by atoms with Crippen molar-refractivity contribution in [3.05, 3.63) is 29.3 Å². The van der Waals surface area contributed by atoms with Gasteiger partial charge in [0, 0.05) is 25.9 Å². The zero-order valence-electron chi connectivity index (χ0n) is 12.8. The van der Waals surface area contributed by atoms with Crippen LogP contribution >= 0.6 is 0 Å². The summed E-state index contributed by atoms with van der Waals surface area (Å²) in [5.74, 6) is 0.556. The molecule has 3 rings (SSSR count). The topological polar surface area (TPSA) is 53.6 Å². The van der Waals surface area contributed by atoms with Gasteiger partial charge < -0.3 is 20.3 Å². The number of hydrogen-bond acceptors (Lipinski definition) is 3. The van der Waals surface area contributed by atoms with E-state index in [1.165, 1.54) is 5.56 Å². The first kappa shape index (κ1) is 14.4. The van der Waals surface area contributed by atoms with Crippen LogP contribution < -0.4 is 10.6 Å². The predicted molar refractivity (Wildman–Crippen MR) is 82.2 cm³/mol. The van der Waals surface area contributed by atoms with E-state index in [9.17, 15) is 4.79 Å². The lowest BCUT2D eigenvalue weighted by atomic mass is 9.91. The zero-order chi connectivity index (χ0) is 15.0. The fourth-order valence-electron chi connectivity index (χ4n) is 3.26. The number of benzene rings is 1. The number of hydrogen-bond donors (Lipinski definition) is 2. The predicted octanol–water partition coefficient (Wildman–Crippen LogP) is 2.35. The molecule has 1 saturated heterocycles. The molecule has 2 N–H and O–H groups in total. The number of fused-ring (bicyclic) bond motifs is 1. The summed E-state index contributed by atoms with van der Waals surface area (Å²) in [6.07, 6.45) is 1.33. The van der Waals surface area contributed by atoms with Gasteiger partial charge in [-0.1, -0.05) is 19.1 Å². The lowest BCUT2D eigenvalue weighted by molar-refractivity contribution is 0.0631. The van der Waals surface area contributed by atoms with Gasteiger partial charge in [0.15, 0.2) is 0 Å². The van der Waals surface area contributed by atoms with Crippen molar-refractivity contribution in [1.29, 1.82) is 0 Å². The molecule has 21 heavy (non-hydrogen) atoms. The van der Waals surface area contributed by atoms with Crippen molar-refractivity contribution in [1.82, 2.24) is 10.2 Å². The lowest BCUT2D eigenvalue weighted by Gasteiger charge is -2.30. The van der Waals surface area contributed by atoms with Gasteiger partial charge in [0.1, 0.15) is 0 Å². The van der Waals surface area contributed by atoms with Crippen LogP contribution in [0.5, 0.6) is 0 Å². The Kier molecular flexibility index (Phi) is 3.87. The number of anilines is 1. The van der Waals surface area contributed by atoms with Gasteiger partial charge >= 0.3 is 6.03 Å². The molecule has 2 aliphatic heterocycles. The third-order valence-electron chi connectivity index (χ3n) is 4.57. The second-order valence-electron chi connectivity index (χ2n) is 6.07. The molecule has 5 heteroatoms. The Hall–Kier alpha value is -1.59. The monoisotopic (exact) mass is 289 g/mol. The molecule has 3 atom stereocenters. The summed E-state index contributed by atoms with van der Waals surface area (Å²) in [6.45, 7) is 3.73. The van der Waals surface area contributed by atoms with Gasteiger partial charge in [-0.2, -0.15) is 0 Å². The number of likely N-dealkylation sites (N-methyl/N-ethyl adjacent to an activating group) is 1. The Balaban J connectivity index is 1.88. The lowest BCUT2D eigenvalue weighted by Crippen LogP contribution is -2.36. The van der Waals surface area contributed by atoms with Gasteiger partial charge in [-0.25, -0.2) is 4.79 Å². The SMILES string of the molecule is CNC(c1ccc2c(c1)CN(C)C(=O)N2)C1OCCC1C. The van der Waals surface area contributed by atoms with Crippen LogP contribution in [0.2, 0.25) is 0 Å². The van der Waals surface area contributed by atoms with Gasteiger partial charge in [-0.3, -0.25) is 0 Å². The molecule has 0 bridgehead atoms. The Labute approximate surface area is 125 Å². The Morgan fingerprint density at radius 1 is 1.48 bits per heavy atom. The van der Waals surface area contributed by atoms with Crippen LogP contribution in [0.15, 0.2) is 18.2 Å². The van der Waals surface area contributed by atoms with Gasteiger partial charge in [-0.15, -0.1) is 0 Å². The van der Waals surface area contributed by atoms with Crippen molar-refractivity contribution in [3.8, 4) is 0 Å². The Morgan fingerprint density at radius 3 is 2.95 bits per heavy atom.